The highest BCUT2D eigenvalue weighted by Crippen LogP contribution is 2.19. The maximum Gasteiger partial charge on any atom is 0.0458 e. The Labute approximate surface area is 112 Å². The van der Waals surface area contributed by atoms with Gasteiger partial charge in [0.2, 0.25) is 0 Å². The van der Waals surface area contributed by atoms with Crippen LogP contribution in [-0.2, 0) is 0 Å². The number of nitrogens with one attached hydrogen (secondary N) is 2. The number of hydrogen-bond donors (Lipinski definition) is 2. The van der Waals surface area contributed by atoms with Crippen LogP contribution < -0.4 is 10.9 Å². The molecule has 0 amide bonds. The van der Waals surface area contributed by atoms with Crippen molar-refractivity contribution in [1.29, 1.82) is 0 Å². The predicted molar refractivity (Wildman–Crippen MR) is 84.2 cm³/mol. The van der Waals surface area contributed by atoms with E-state index in [9.17, 15) is 0 Å². The van der Waals surface area contributed by atoms with Gasteiger partial charge in [0.1, 0.15) is 0 Å². The summed E-state index contributed by atoms with van der Waals surface area (Å²) in [6.07, 6.45) is 0. The molecule has 0 aliphatic heterocycles. The molecule has 2 N–H and O–H groups in total. The molecule has 4 rings (SSSR count). The molecule has 0 aliphatic carbocycles. The van der Waals surface area contributed by atoms with Gasteiger partial charge < -0.3 is 9.97 Å². The average molecular weight is 264 g/mol. The molecule has 2 heterocycles. The Balaban J connectivity index is 1.73. The minimum atomic E-state index is 0.632. The van der Waals surface area contributed by atoms with E-state index < -0.39 is 0 Å². The lowest BCUT2D eigenvalue weighted by Gasteiger charge is -1.94. The predicted octanol–water partition coefficient (Wildman–Crippen LogP) is 3.28. The van der Waals surface area contributed by atoms with E-state index in [0.717, 1.165) is 0 Å². The van der Waals surface area contributed by atoms with Crippen LogP contribution in [0.25, 0.3) is 21.8 Å². The fraction of sp³-hybridized carbons (Fsp3) is 0. The number of aromatic amines is 2. The molecule has 0 unspecified atom stereocenters. The van der Waals surface area contributed by atoms with Crippen LogP contribution in [0.15, 0.2) is 60.7 Å². The van der Waals surface area contributed by atoms with Crippen LogP contribution in [0.3, 0.4) is 0 Å². The molecule has 0 aliphatic rings. The minimum absolute atomic E-state index is 0.632. The molecule has 0 radical (unpaired) electrons. The Hall–Kier alpha value is -2.05. The first-order valence-electron chi connectivity index (χ1n) is 6.31. The molecule has 4 aromatic rings. The number of rotatable bonds is 2. The largest absolute Gasteiger partial charge is 0.355 e. The highest BCUT2D eigenvalue weighted by atomic mass is 31.1. The maximum absolute atomic E-state index is 3.48. The fourth-order valence-corrected chi connectivity index (χ4v) is 3.57. The Kier molecular flexibility index (Phi) is 2.43. The van der Waals surface area contributed by atoms with Crippen LogP contribution in [-0.4, -0.2) is 9.97 Å². The average Bonchev–Trinajstić information content (AvgIpc) is 3.00. The molecular weight excluding hydrogens is 251 g/mol. The molecule has 2 aromatic heterocycles. The molecule has 19 heavy (non-hydrogen) atoms. The highest BCUT2D eigenvalue weighted by molar-refractivity contribution is 7.55. The quantitative estimate of drug-likeness (QED) is 0.521. The first kappa shape index (κ1) is 10.8. The SMILES string of the molecule is c1ccc2[nH]c(Pc3cc4ccccc4[nH]3)cc2c1. The third-order valence-electron chi connectivity index (χ3n) is 3.33. The summed E-state index contributed by atoms with van der Waals surface area (Å²) in [5, 5.41) is 2.56. The van der Waals surface area contributed by atoms with Crippen molar-refractivity contribution in [3.63, 3.8) is 0 Å². The molecule has 0 spiro atoms. The summed E-state index contributed by atoms with van der Waals surface area (Å²) in [6.45, 7) is 0. The van der Waals surface area contributed by atoms with Gasteiger partial charge in [-0.3, -0.25) is 0 Å². The Morgan fingerprint density at radius 3 is 1.58 bits per heavy atom. The van der Waals surface area contributed by atoms with Crippen LogP contribution in [0.4, 0.5) is 0 Å². The second kappa shape index (κ2) is 4.25. The van der Waals surface area contributed by atoms with Crippen molar-refractivity contribution >= 4 is 41.3 Å². The van der Waals surface area contributed by atoms with Crippen molar-refractivity contribution < 1.29 is 0 Å². The van der Waals surface area contributed by atoms with Crippen molar-refractivity contribution in [3.8, 4) is 0 Å². The lowest BCUT2D eigenvalue weighted by atomic mass is 10.3. The van der Waals surface area contributed by atoms with Crippen LogP contribution in [0.1, 0.15) is 0 Å². The van der Waals surface area contributed by atoms with E-state index in [-0.39, 0.29) is 0 Å². The number of H-pyrrole nitrogens is 2. The second-order valence-electron chi connectivity index (χ2n) is 4.67. The van der Waals surface area contributed by atoms with Crippen LogP contribution in [0, 0.1) is 0 Å². The second-order valence-corrected chi connectivity index (χ2v) is 5.99. The maximum atomic E-state index is 3.48. The van der Waals surface area contributed by atoms with Crippen molar-refractivity contribution in [3.05, 3.63) is 60.7 Å². The van der Waals surface area contributed by atoms with Gasteiger partial charge in [0.15, 0.2) is 0 Å². The van der Waals surface area contributed by atoms with E-state index in [0.29, 0.717) is 8.58 Å². The summed E-state index contributed by atoms with van der Waals surface area (Å²) in [5.41, 5.74) is 4.96. The molecule has 2 aromatic carbocycles. The monoisotopic (exact) mass is 264 g/mol. The molecule has 3 heteroatoms. The van der Waals surface area contributed by atoms with E-state index in [1.54, 1.807) is 0 Å². The zero-order chi connectivity index (χ0) is 12.7. The Bertz CT molecular complexity index is 719. The normalized spacial score (nSPS) is 11.4. The van der Waals surface area contributed by atoms with Crippen LogP contribution >= 0.6 is 8.58 Å². The van der Waals surface area contributed by atoms with Gasteiger partial charge in [0.25, 0.3) is 0 Å². The number of fused-ring (bicyclic) bond motifs is 2. The standard InChI is InChI=1S/C16H13N2P/c1-3-7-13-11(5-1)9-15(17-13)19-16-10-12-6-2-4-8-14(12)18-16/h1-10,17-19H. The molecule has 92 valence electrons. The lowest BCUT2D eigenvalue weighted by molar-refractivity contribution is 1.53. The first-order valence-corrected chi connectivity index (χ1v) is 7.31. The van der Waals surface area contributed by atoms with Crippen molar-refractivity contribution in [2.45, 2.75) is 0 Å². The minimum Gasteiger partial charge on any atom is -0.355 e. The van der Waals surface area contributed by atoms with Gasteiger partial charge in [-0.1, -0.05) is 36.4 Å². The molecule has 0 saturated carbocycles. The fourth-order valence-electron chi connectivity index (χ4n) is 2.43. The summed E-state index contributed by atoms with van der Waals surface area (Å²) >= 11 is 0. The third-order valence-corrected chi connectivity index (χ3v) is 4.41. The van der Waals surface area contributed by atoms with Gasteiger partial charge in [-0.2, -0.15) is 0 Å². The van der Waals surface area contributed by atoms with Gasteiger partial charge in [-0.25, -0.2) is 0 Å². The summed E-state index contributed by atoms with van der Waals surface area (Å²) in [7, 11) is 0.632. The summed E-state index contributed by atoms with van der Waals surface area (Å²) < 4.78 is 0. The van der Waals surface area contributed by atoms with E-state index in [1.165, 1.54) is 32.7 Å². The van der Waals surface area contributed by atoms with E-state index in [1.807, 2.05) is 0 Å². The highest BCUT2D eigenvalue weighted by Gasteiger charge is 2.04. The molecular formula is C16H13N2P. The van der Waals surface area contributed by atoms with Crippen LogP contribution in [0.5, 0.6) is 0 Å². The zero-order valence-electron chi connectivity index (χ0n) is 10.3. The van der Waals surface area contributed by atoms with E-state index in [4.69, 9.17) is 0 Å². The first-order chi connectivity index (χ1) is 9.38. The summed E-state index contributed by atoms with van der Waals surface area (Å²) in [5.74, 6) is 0. The van der Waals surface area contributed by atoms with Gasteiger partial charge in [0, 0.05) is 32.7 Å². The molecule has 0 atom stereocenters. The smallest absolute Gasteiger partial charge is 0.0458 e. The van der Waals surface area contributed by atoms with Gasteiger partial charge in [-0.15, -0.1) is 0 Å². The van der Waals surface area contributed by atoms with Crippen LogP contribution in [0.2, 0.25) is 0 Å². The number of benzene rings is 2. The number of aromatic nitrogens is 2. The molecule has 0 fully saturated rings. The number of para-hydroxylation sites is 2. The van der Waals surface area contributed by atoms with E-state index >= 15 is 0 Å². The Morgan fingerprint density at radius 1 is 0.632 bits per heavy atom. The summed E-state index contributed by atoms with van der Waals surface area (Å²) in [4.78, 5) is 6.96. The lowest BCUT2D eigenvalue weighted by Crippen LogP contribution is -2.03. The topological polar surface area (TPSA) is 31.6 Å². The molecule has 2 nitrogen and oxygen atoms in total. The summed E-state index contributed by atoms with van der Waals surface area (Å²) in [6, 6.07) is 21.3. The molecule has 0 saturated heterocycles. The zero-order valence-corrected chi connectivity index (χ0v) is 11.3. The third kappa shape index (κ3) is 1.94. The van der Waals surface area contributed by atoms with Gasteiger partial charge in [0.05, 0.1) is 0 Å². The number of hydrogen-bond acceptors (Lipinski definition) is 0. The van der Waals surface area contributed by atoms with Crippen molar-refractivity contribution in [2.24, 2.45) is 0 Å². The van der Waals surface area contributed by atoms with E-state index in [2.05, 4.69) is 70.6 Å². The van der Waals surface area contributed by atoms with Gasteiger partial charge >= 0.3 is 0 Å². The molecule has 0 bridgehead atoms. The van der Waals surface area contributed by atoms with Crippen molar-refractivity contribution in [2.75, 3.05) is 0 Å². The Morgan fingerprint density at radius 2 is 1.11 bits per heavy atom. The van der Waals surface area contributed by atoms with Gasteiger partial charge in [-0.05, 0) is 32.8 Å². The van der Waals surface area contributed by atoms with Crippen molar-refractivity contribution in [1.82, 2.24) is 9.97 Å².